The number of amides is 1. The number of benzene rings is 2. The number of sulfonamides is 1. The molecule has 27 heavy (non-hydrogen) atoms. The Bertz CT molecular complexity index is 902. The monoisotopic (exact) mass is 386 g/mol. The highest BCUT2D eigenvalue weighted by molar-refractivity contribution is 7.89. The molecule has 0 bridgehead atoms. The van der Waals surface area contributed by atoms with E-state index in [0.717, 1.165) is 31.2 Å². The number of primary sulfonamides is 1. The first-order valence-electron chi connectivity index (χ1n) is 9.31. The molecule has 144 valence electrons. The molecule has 1 aliphatic rings. The lowest BCUT2D eigenvalue weighted by Crippen LogP contribution is -2.39. The van der Waals surface area contributed by atoms with E-state index in [4.69, 9.17) is 5.14 Å². The summed E-state index contributed by atoms with van der Waals surface area (Å²) in [6, 6.07) is 14.9. The second-order valence-electron chi connectivity index (χ2n) is 7.28. The highest BCUT2D eigenvalue weighted by Gasteiger charge is 2.25. The number of piperidine rings is 1. The van der Waals surface area contributed by atoms with Gasteiger partial charge in [0.05, 0.1) is 4.90 Å². The highest BCUT2D eigenvalue weighted by Crippen LogP contribution is 2.25. The molecule has 0 aromatic heterocycles. The SMILES string of the molecule is Cc1ccc(S(N)(=O)=O)cc1C(=O)N1CCC(CCc2ccccc2)CC1. The quantitative estimate of drug-likeness (QED) is 0.857. The minimum atomic E-state index is -3.82. The van der Waals surface area contributed by atoms with Crippen molar-refractivity contribution in [2.45, 2.75) is 37.5 Å². The average molecular weight is 387 g/mol. The van der Waals surface area contributed by atoms with Crippen molar-refractivity contribution in [2.24, 2.45) is 11.1 Å². The standard InChI is InChI=1S/C21H26N2O3S/c1-16-7-10-19(27(22,25)26)15-20(16)21(24)23-13-11-18(12-14-23)9-8-17-5-3-2-4-6-17/h2-7,10,15,18H,8-9,11-14H2,1H3,(H2,22,25,26). The van der Waals surface area contributed by atoms with E-state index in [1.54, 1.807) is 6.07 Å². The van der Waals surface area contributed by atoms with Gasteiger partial charge in [-0.15, -0.1) is 0 Å². The molecule has 0 aliphatic carbocycles. The predicted molar refractivity (Wildman–Crippen MR) is 106 cm³/mol. The van der Waals surface area contributed by atoms with Gasteiger partial charge in [0.2, 0.25) is 10.0 Å². The zero-order valence-corrected chi connectivity index (χ0v) is 16.4. The molecule has 1 saturated heterocycles. The summed E-state index contributed by atoms with van der Waals surface area (Å²) in [7, 11) is -3.82. The predicted octanol–water partition coefficient (Wildman–Crippen LogP) is 3.13. The number of aryl methyl sites for hydroxylation is 2. The fourth-order valence-electron chi connectivity index (χ4n) is 3.62. The summed E-state index contributed by atoms with van der Waals surface area (Å²) < 4.78 is 23.2. The second-order valence-corrected chi connectivity index (χ2v) is 8.84. The fraction of sp³-hybridized carbons (Fsp3) is 0.381. The summed E-state index contributed by atoms with van der Waals surface area (Å²) in [4.78, 5) is 14.7. The molecular formula is C21H26N2O3S. The molecule has 3 rings (SSSR count). The molecule has 1 aliphatic heterocycles. The van der Waals surface area contributed by atoms with Crippen molar-refractivity contribution < 1.29 is 13.2 Å². The van der Waals surface area contributed by atoms with Crippen LogP contribution in [0, 0.1) is 12.8 Å². The maximum Gasteiger partial charge on any atom is 0.254 e. The van der Waals surface area contributed by atoms with Gasteiger partial charge in [-0.05, 0) is 61.8 Å². The van der Waals surface area contributed by atoms with Crippen molar-refractivity contribution in [3.05, 3.63) is 65.2 Å². The van der Waals surface area contributed by atoms with Gasteiger partial charge in [-0.3, -0.25) is 4.79 Å². The van der Waals surface area contributed by atoms with Crippen LogP contribution in [0.15, 0.2) is 53.4 Å². The Kier molecular flexibility index (Phi) is 5.97. The molecule has 2 aromatic carbocycles. The van der Waals surface area contributed by atoms with Crippen LogP contribution in [0.1, 0.15) is 40.7 Å². The highest BCUT2D eigenvalue weighted by atomic mass is 32.2. The summed E-state index contributed by atoms with van der Waals surface area (Å²) in [6.07, 6.45) is 4.15. The van der Waals surface area contributed by atoms with Gasteiger partial charge in [0.15, 0.2) is 0 Å². The molecule has 6 heteroatoms. The van der Waals surface area contributed by atoms with Gasteiger partial charge in [-0.2, -0.15) is 0 Å². The van der Waals surface area contributed by atoms with Crippen LogP contribution in [-0.2, 0) is 16.4 Å². The van der Waals surface area contributed by atoms with Crippen molar-refractivity contribution in [2.75, 3.05) is 13.1 Å². The van der Waals surface area contributed by atoms with E-state index in [9.17, 15) is 13.2 Å². The minimum Gasteiger partial charge on any atom is -0.339 e. The van der Waals surface area contributed by atoms with Crippen molar-refractivity contribution in [3.8, 4) is 0 Å². The van der Waals surface area contributed by atoms with Gasteiger partial charge in [-0.25, -0.2) is 13.6 Å². The Morgan fingerprint density at radius 2 is 1.78 bits per heavy atom. The minimum absolute atomic E-state index is 0.0193. The number of likely N-dealkylation sites (tertiary alicyclic amines) is 1. The largest absolute Gasteiger partial charge is 0.339 e. The first kappa shape index (κ1) is 19.6. The number of rotatable bonds is 5. The van der Waals surface area contributed by atoms with Gasteiger partial charge in [-0.1, -0.05) is 36.4 Å². The summed E-state index contributed by atoms with van der Waals surface area (Å²) in [5.74, 6) is 0.505. The van der Waals surface area contributed by atoms with E-state index in [1.165, 1.54) is 17.7 Å². The van der Waals surface area contributed by atoms with Gasteiger partial charge in [0, 0.05) is 18.7 Å². The van der Waals surface area contributed by atoms with Gasteiger partial charge in [0.25, 0.3) is 5.91 Å². The smallest absolute Gasteiger partial charge is 0.254 e. The summed E-state index contributed by atoms with van der Waals surface area (Å²) in [5, 5.41) is 5.20. The third-order valence-corrected chi connectivity index (χ3v) is 6.26. The molecular weight excluding hydrogens is 360 g/mol. The van der Waals surface area contributed by atoms with Crippen molar-refractivity contribution in [3.63, 3.8) is 0 Å². The summed E-state index contributed by atoms with van der Waals surface area (Å²) >= 11 is 0. The molecule has 2 N–H and O–H groups in total. The van der Waals surface area contributed by atoms with Crippen molar-refractivity contribution in [1.29, 1.82) is 0 Å². The topological polar surface area (TPSA) is 80.5 Å². The normalized spacial score (nSPS) is 15.7. The first-order chi connectivity index (χ1) is 12.8. The molecule has 0 saturated carbocycles. The molecule has 0 spiro atoms. The van der Waals surface area contributed by atoms with Gasteiger partial charge >= 0.3 is 0 Å². The molecule has 0 atom stereocenters. The molecule has 1 fully saturated rings. The van der Waals surface area contributed by atoms with E-state index >= 15 is 0 Å². The Morgan fingerprint density at radius 3 is 2.41 bits per heavy atom. The van der Waals surface area contributed by atoms with Gasteiger partial charge in [0.1, 0.15) is 0 Å². The molecule has 1 heterocycles. The van der Waals surface area contributed by atoms with Crippen LogP contribution in [0.5, 0.6) is 0 Å². The van der Waals surface area contributed by atoms with Crippen LogP contribution in [0.3, 0.4) is 0 Å². The Labute approximate surface area is 161 Å². The van der Waals surface area contributed by atoms with E-state index in [2.05, 4.69) is 24.3 Å². The maximum atomic E-state index is 12.9. The lowest BCUT2D eigenvalue weighted by atomic mass is 9.90. The van der Waals surface area contributed by atoms with Crippen LogP contribution < -0.4 is 5.14 Å². The van der Waals surface area contributed by atoms with E-state index in [1.807, 2.05) is 17.9 Å². The maximum absolute atomic E-state index is 12.9. The third kappa shape index (κ3) is 4.96. The molecule has 5 nitrogen and oxygen atoms in total. The van der Waals surface area contributed by atoms with Crippen LogP contribution in [-0.4, -0.2) is 32.3 Å². The van der Waals surface area contributed by atoms with E-state index in [0.29, 0.717) is 24.6 Å². The fourth-order valence-corrected chi connectivity index (χ4v) is 4.16. The van der Waals surface area contributed by atoms with E-state index < -0.39 is 10.0 Å². The van der Waals surface area contributed by atoms with Crippen LogP contribution in [0.4, 0.5) is 0 Å². The van der Waals surface area contributed by atoms with E-state index in [-0.39, 0.29) is 10.8 Å². The number of hydrogen-bond acceptors (Lipinski definition) is 3. The average Bonchev–Trinajstić information content (AvgIpc) is 2.66. The molecule has 0 radical (unpaired) electrons. The molecule has 0 unspecified atom stereocenters. The zero-order valence-electron chi connectivity index (χ0n) is 15.6. The number of nitrogens with zero attached hydrogens (tertiary/aromatic N) is 1. The second kappa shape index (κ2) is 8.23. The van der Waals surface area contributed by atoms with Gasteiger partial charge < -0.3 is 4.90 Å². The number of carbonyl (C=O) groups is 1. The van der Waals surface area contributed by atoms with Crippen molar-refractivity contribution >= 4 is 15.9 Å². The number of hydrogen-bond donors (Lipinski definition) is 1. The first-order valence-corrected chi connectivity index (χ1v) is 10.9. The summed E-state index contributed by atoms with van der Waals surface area (Å²) in [5.41, 5.74) is 2.54. The van der Waals surface area contributed by atoms with Crippen molar-refractivity contribution in [1.82, 2.24) is 4.90 Å². The summed E-state index contributed by atoms with van der Waals surface area (Å²) in [6.45, 7) is 3.22. The Balaban J connectivity index is 1.60. The lowest BCUT2D eigenvalue weighted by molar-refractivity contribution is 0.0686. The Morgan fingerprint density at radius 1 is 1.11 bits per heavy atom. The van der Waals surface area contributed by atoms with Crippen LogP contribution in [0.25, 0.3) is 0 Å². The third-order valence-electron chi connectivity index (χ3n) is 5.35. The Hall–Kier alpha value is -2.18. The van der Waals surface area contributed by atoms with Crippen LogP contribution >= 0.6 is 0 Å². The molecule has 2 aromatic rings. The van der Waals surface area contributed by atoms with Crippen LogP contribution in [0.2, 0.25) is 0 Å². The molecule has 1 amide bonds. The lowest BCUT2D eigenvalue weighted by Gasteiger charge is -2.32. The number of nitrogens with two attached hydrogens (primary N) is 1. The number of carbonyl (C=O) groups excluding carboxylic acids is 1. The zero-order chi connectivity index (χ0) is 19.4.